The Labute approximate surface area is 92.0 Å². The Balaban J connectivity index is 2.40. The number of hydrogen-bond acceptors (Lipinski definition) is 2. The zero-order valence-electron chi connectivity index (χ0n) is 10.0. The molecule has 1 rings (SSSR count). The van der Waals surface area contributed by atoms with Crippen LogP contribution in [0, 0.1) is 10.8 Å². The Morgan fingerprint density at radius 2 is 2.00 bits per heavy atom. The number of rotatable bonds is 3. The minimum atomic E-state index is -0.520. The normalized spacial score (nSPS) is 29.8. The van der Waals surface area contributed by atoms with Crippen molar-refractivity contribution < 1.29 is 4.79 Å². The molecule has 15 heavy (non-hydrogen) atoms. The quantitative estimate of drug-likeness (QED) is 0.625. The highest BCUT2D eigenvalue weighted by Crippen LogP contribution is 2.45. The molecule has 1 unspecified atom stereocenters. The second kappa shape index (κ2) is 4.39. The zero-order valence-corrected chi connectivity index (χ0v) is 10.0. The highest BCUT2D eigenvalue weighted by molar-refractivity contribution is 5.70. The summed E-state index contributed by atoms with van der Waals surface area (Å²) in [7, 11) is 0. The maximum Gasteiger partial charge on any atom is 0.326 e. The summed E-state index contributed by atoms with van der Waals surface area (Å²) in [5, 5.41) is 0. The van der Waals surface area contributed by atoms with Gasteiger partial charge in [-0.3, -0.25) is 5.43 Å². The van der Waals surface area contributed by atoms with Gasteiger partial charge in [0.15, 0.2) is 0 Å². The van der Waals surface area contributed by atoms with Crippen LogP contribution < -0.4 is 16.6 Å². The van der Waals surface area contributed by atoms with E-state index >= 15 is 0 Å². The van der Waals surface area contributed by atoms with Crippen LogP contribution in [0.15, 0.2) is 0 Å². The molecule has 0 spiro atoms. The fourth-order valence-electron chi connectivity index (χ4n) is 2.82. The third kappa shape index (κ3) is 4.08. The maximum absolute atomic E-state index is 10.5. The molecule has 1 atom stereocenters. The molecule has 0 aromatic heterocycles. The van der Waals surface area contributed by atoms with Crippen LogP contribution in [0.2, 0.25) is 0 Å². The molecule has 4 nitrogen and oxygen atoms in total. The zero-order chi connectivity index (χ0) is 11.5. The number of nitrogens with two attached hydrogens (primary N) is 1. The molecule has 0 radical (unpaired) electrons. The summed E-state index contributed by atoms with van der Waals surface area (Å²) in [5.74, 6) is 0. The number of carbonyl (C=O) groups excluding carboxylic acids is 1. The number of amides is 2. The Morgan fingerprint density at radius 1 is 1.33 bits per heavy atom. The number of urea groups is 1. The molecule has 1 aliphatic carbocycles. The molecule has 1 saturated carbocycles. The lowest BCUT2D eigenvalue weighted by Gasteiger charge is -2.42. The van der Waals surface area contributed by atoms with Crippen molar-refractivity contribution in [3.8, 4) is 0 Å². The van der Waals surface area contributed by atoms with Crippen LogP contribution in [0.3, 0.4) is 0 Å². The van der Waals surface area contributed by atoms with Crippen molar-refractivity contribution in [3.05, 3.63) is 0 Å². The summed E-state index contributed by atoms with van der Waals surface area (Å²) in [4.78, 5) is 10.5. The summed E-state index contributed by atoms with van der Waals surface area (Å²) < 4.78 is 0. The summed E-state index contributed by atoms with van der Waals surface area (Å²) in [6, 6.07) is -0.520. The molecule has 4 N–H and O–H groups in total. The molecular weight excluding hydrogens is 190 g/mol. The van der Waals surface area contributed by atoms with Crippen molar-refractivity contribution in [3.63, 3.8) is 0 Å². The Kier molecular flexibility index (Phi) is 3.60. The molecule has 0 heterocycles. The summed E-state index contributed by atoms with van der Waals surface area (Å²) >= 11 is 0. The molecule has 0 aliphatic heterocycles. The van der Waals surface area contributed by atoms with E-state index in [1.165, 1.54) is 25.7 Å². The van der Waals surface area contributed by atoms with Crippen LogP contribution in [0.1, 0.15) is 46.5 Å². The van der Waals surface area contributed by atoms with Crippen LogP contribution in [-0.4, -0.2) is 12.6 Å². The van der Waals surface area contributed by atoms with Crippen molar-refractivity contribution in [1.29, 1.82) is 0 Å². The van der Waals surface area contributed by atoms with Gasteiger partial charge in [0, 0.05) is 6.54 Å². The van der Waals surface area contributed by atoms with Crippen molar-refractivity contribution in [1.82, 2.24) is 10.9 Å². The predicted molar refractivity (Wildman–Crippen MR) is 61.1 cm³/mol. The Bertz CT molecular complexity index is 240. The number of hydrogen-bond donors (Lipinski definition) is 3. The third-order valence-electron chi connectivity index (χ3n) is 3.27. The van der Waals surface area contributed by atoms with Crippen LogP contribution in [0.4, 0.5) is 4.79 Å². The van der Waals surface area contributed by atoms with E-state index < -0.39 is 6.03 Å². The molecule has 2 amide bonds. The van der Waals surface area contributed by atoms with Crippen molar-refractivity contribution in [2.45, 2.75) is 46.5 Å². The predicted octanol–water partition coefficient (Wildman–Crippen LogP) is 1.77. The second-order valence-electron chi connectivity index (χ2n) is 5.85. The highest BCUT2D eigenvalue weighted by Gasteiger charge is 2.36. The number of nitrogens with one attached hydrogen (secondary N) is 2. The fourth-order valence-corrected chi connectivity index (χ4v) is 2.82. The van der Waals surface area contributed by atoms with E-state index in [1.54, 1.807) is 0 Å². The first-order chi connectivity index (χ1) is 6.83. The minimum absolute atomic E-state index is 0.268. The van der Waals surface area contributed by atoms with Crippen LogP contribution in [-0.2, 0) is 0 Å². The first kappa shape index (κ1) is 12.3. The molecule has 1 fully saturated rings. The van der Waals surface area contributed by atoms with E-state index in [2.05, 4.69) is 31.6 Å². The van der Waals surface area contributed by atoms with E-state index in [0.29, 0.717) is 5.41 Å². The van der Waals surface area contributed by atoms with Gasteiger partial charge in [0.05, 0.1) is 0 Å². The third-order valence-corrected chi connectivity index (χ3v) is 3.27. The van der Waals surface area contributed by atoms with E-state index in [9.17, 15) is 4.79 Å². The van der Waals surface area contributed by atoms with Gasteiger partial charge < -0.3 is 5.73 Å². The Morgan fingerprint density at radius 3 is 2.53 bits per heavy atom. The van der Waals surface area contributed by atoms with Gasteiger partial charge >= 0.3 is 6.03 Å². The van der Waals surface area contributed by atoms with Crippen molar-refractivity contribution >= 4 is 6.03 Å². The summed E-state index contributed by atoms with van der Waals surface area (Å²) in [5.41, 5.74) is 11.0. The maximum atomic E-state index is 10.5. The lowest BCUT2D eigenvalue weighted by molar-refractivity contribution is 0.0956. The molecular formula is C11H23N3O. The van der Waals surface area contributed by atoms with E-state index in [-0.39, 0.29) is 5.41 Å². The van der Waals surface area contributed by atoms with Crippen molar-refractivity contribution in [2.75, 3.05) is 6.54 Å². The van der Waals surface area contributed by atoms with Gasteiger partial charge in [-0.05, 0) is 30.1 Å². The first-order valence-electron chi connectivity index (χ1n) is 5.61. The van der Waals surface area contributed by atoms with Crippen LogP contribution in [0.5, 0.6) is 0 Å². The second-order valence-corrected chi connectivity index (χ2v) is 5.85. The van der Waals surface area contributed by atoms with Gasteiger partial charge in [-0.25, -0.2) is 10.2 Å². The molecule has 88 valence electrons. The molecule has 0 bridgehead atoms. The summed E-state index contributed by atoms with van der Waals surface area (Å²) in [6.07, 6.45) is 4.96. The SMILES string of the molecule is CC1(C)CCCC(C)(CNNC(N)=O)C1. The molecule has 0 saturated heterocycles. The standard InChI is InChI=1S/C11H23N3O/c1-10(2)5-4-6-11(3,7-10)8-13-14-9(12)15/h13H,4-8H2,1-3H3,(H3,12,14,15). The van der Waals surface area contributed by atoms with E-state index in [0.717, 1.165) is 6.54 Å². The average Bonchev–Trinajstić information content (AvgIpc) is 1.99. The lowest BCUT2D eigenvalue weighted by Crippen LogP contribution is -2.47. The minimum Gasteiger partial charge on any atom is -0.351 e. The highest BCUT2D eigenvalue weighted by atomic mass is 16.2. The monoisotopic (exact) mass is 213 g/mol. The van der Waals surface area contributed by atoms with Gasteiger partial charge in [0.1, 0.15) is 0 Å². The molecule has 4 heteroatoms. The van der Waals surface area contributed by atoms with Gasteiger partial charge in [-0.1, -0.05) is 27.2 Å². The Hall–Kier alpha value is -0.770. The first-order valence-corrected chi connectivity index (χ1v) is 5.61. The van der Waals surface area contributed by atoms with E-state index in [1.807, 2.05) is 0 Å². The van der Waals surface area contributed by atoms with Gasteiger partial charge in [0.2, 0.25) is 0 Å². The topological polar surface area (TPSA) is 67.2 Å². The molecule has 1 aliphatic rings. The lowest BCUT2D eigenvalue weighted by atomic mass is 9.64. The number of hydrazine groups is 1. The van der Waals surface area contributed by atoms with Crippen molar-refractivity contribution in [2.24, 2.45) is 16.6 Å². The van der Waals surface area contributed by atoms with Crippen LogP contribution in [0.25, 0.3) is 0 Å². The van der Waals surface area contributed by atoms with Crippen LogP contribution >= 0.6 is 0 Å². The van der Waals surface area contributed by atoms with E-state index in [4.69, 9.17) is 5.73 Å². The smallest absolute Gasteiger partial charge is 0.326 e. The van der Waals surface area contributed by atoms with Gasteiger partial charge in [-0.2, -0.15) is 0 Å². The molecule has 0 aromatic carbocycles. The number of primary amides is 1. The average molecular weight is 213 g/mol. The van der Waals surface area contributed by atoms with Gasteiger partial charge in [0.25, 0.3) is 0 Å². The number of carbonyl (C=O) groups is 1. The molecule has 0 aromatic rings. The largest absolute Gasteiger partial charge is 0.351 e. The van der Waals surface area contributed by atoms with Gasteiger partial charge in [-0.15, -0.1) is 0 Å². The fraction of sp³-hybridized carbons (Fsp3) is 0.909. The summed E-state index contributed by atoms with van der Waals surface area (Å²) in [6.45, 7) is 7.68.